The van der Waals surface area contributed by atoms with Gasteiger partial charge in [-0.3, -0.25) is 4.79 Å². The number of carbonyl (C=O) groups excluding carboxylic acids is 1. The topological polar surface area (TPSA) is 81.3 Å². The van der Waals surface area contributed by atoms with Gasteiger partial charge in [0.15, 0.2) is 0 Å². The van der Waals surface area contributed by atoms with Gasteiger partial charge in [-0.25, -0.2) is 14.4 Å². The summed E-state index contributed by atoms with van der Waals surface area (Å²) < 4.78 is 18.2. The van der Waals surface area contributed by atoms with Crippen molar-refractivity contribution in [2.75, 3.05) is 32.5 Å². The lowest BCUT2D eigenvalue weighted by atomic mass is 9.90. The number of methoxy groups -OCH3 is 1. The first-order valence-electron chi connectivity index (χ1n) is 8.23. The zero-order chi connectivity index (χ0) is 17.8. The zero-order valence-electron chi connectivity index (χ0n) is 14.1. The van der Waals surface area contributed by atoms with E-state index in [2.05, 4.69) is 9.97 Å². The van der Waals surface area contributed by atoms with E-state index < -0.39 is 0 Å². The Bertz CT molecular complexity index is 751. The normalized spacial score (nSPS) is 17.5. The summed E-state index contributed by atoms with van der Waals surface area (Å²) in [7, 11) is 1.51. The molecule has 0 bridgehead atoms. The maximum atomic E-state index is 13.2. The van der Waals surface area contributed by atoms with Crippen molar-refractivity contribution in [1.29, 1.82) is 0 Å². The van der Waals surface area contributed by atoms with Gasteiger partial charge in [0.05, 0.1) is 5.69 Å². The molecule has 25 heavy (non-hydrogen) atoms. The van der Waals surface area contributed by atoms with Gasteiger partial charge in [0, 0.05) is 37.9 Å². The van der Waals surface area contributed by atoms with Gasteiger partial charge in [-0.05, 0) is 30.5 Å². The molecule has 3 rings (SSSR count). The highest BCUT2D eigenvalue weighted by atomic mass is 19.1. The third-order valence-corrected chi connectivity index (χ3v) is 4.42. The number of nitrogens with zero attached hydrogens (tertiary/aromatic N) is 3. The van der Waals surface area contributed by atoms with Crippen LogP contribution in [0.25, 0.3) is 11.1 Å². The minimum Gasteiger partial charge on any atom is -0.375 e. The average molecular weight is 344 g/mol. The Morgan fingerprint density at radius 2 is 2.16 bits per heavy atom. The van der Waals surface area contributed by atoms with Gasteiger partial charge in [-0.15, -0.1) is 0 Å². The van der Waals surface area contributed by atoms with Crippen LogP contribution in [0.1, 0.15) is 24.5 Å². The smallest absolute Gasteiger partial charge is 0.248 e. The summed E-state index contributed by atoms with van der Waals surface area (Å²) in [4.78, 5) is 22.5. The third kappa shape index (κ3) is 3.93. The summed E-state index contributed by atoms with van der Waals surface area (Å²) in [6.07, 6.45) is 3.45. The lowest BCUT2D eigenvalue weighted by Crippen LogP contribution is -2.41. The van der Waals surface area contributed by atoms with E-state index in [1.165, 1.54) is 19.2 Å². The number of amides is 1. The molecular weight excluding hydrogens is 323 g/mol. The van der Waals surface area contributed by atoms with E-state index in [1.807, 2.05) is 0 Å². The number of ether oxygens (including phenoxy) is 1. The van der Waals surface area contributed by atoms with Gasteiger partial charge in [-0.2, -0.15) is 0 Å². The summed E-state index contributed by atoms with van der Waals surface area (Å²) in [5, 5.41) is 0. The number of carbonyl (C=O) groups is 1. The number of halogens is 1. The number of benzene rings is 1. The maximum Gasteiger partial charge on any atom is 0.248 e. The van der Waals surface area contributed by atoms with Gasteiger partial charge in [0.1, 0.15) is 12.4 Å². The van der Waals surface area contributed by atoms with Crippen molar-refractivity contribution in [2.24, 2.45) is 0 Å². The van der Waals surface area contributed by atoms with E-state index in [-0.39, 0.29) is 30.2 Å². The Balaban J connectivity index is 1.91. The summed E-state index contributed by atoms with van der Waals surface area (Å²) in [6, 6.07) is 6.21. The number of aromatic nitrogens is 2. The minimum absolute atomic E-state index is 0.0300. The summed E-state index contributed by atoms with van der Waals surface area (Å²) >= 11 is 0. The molecule has 132 valence electrons. The lowest BCUT2D eigenvalue weighted by Gasteiger charge is -2.33. The SMILES string of the molecule is COCC(=O)N1CCC[C@@H](c2nc(N)ncc2-c2ccc(F)cc2)C1. The molecule has 0 unspecified atom stereocenters. The molecule has 6 nitrogen and oxygen atoms in total. The molecule has 0 radical (unpaired) electrons. The van der Waals surface area contributed by atoms with E-state index in [4.69, 9.17) is 10.5 Å². The molecule has 0 spiro atoms. The first-order chi connectivity index (χ1) is 12.1. The maximum absolute atomic E-state index is 13.2. The number of anilines is 1. The van der Waals surface area contributed by atoms with Gasteiger partial charge in [0.2, 0.25) is 11.9 Å². The number of nitrogen functional groups attached to an aromatic ring is 1. The van der Waals surface area contributed by atoms with Crippen LogP contribution in [0.2, 0.25) is 0 Å². The Morgan fingerprint density at radius 3 is 2.88 bits per heavy atom. The number of hydrogen-bond donors (Lipinski definition) is 1. The Hall–Kier alpha value is -2.54. The number of likely N-dealkylation sites (tertiary alicyclic amines) is 1. The molecule has 1 saturated heterocycles. The molecule has 1 fully saturated rings. The second kappa shape index (κ2) is 7.57. The Morgan fingerprint density at radius 1 is 1.40 bits per heavy atom. The molecule has 0 saturated carbocycles. The number of nitrogens with two attached hydrogens (primary N) is 1. The fraction of sp³-hybridized carbons (Fsp3) is 0.389. The highest BCUT2D eigenvalue weighted by molar-refractivity contribution is 5.77. The number of rotatable bonds is 4. The Labute approximate surface area is 145 Å². The molecule has 2 N–H and O–H groups in total. The second-order valence-corrected chi connectivity index (χ2v) is 6.15. The lowest BCUT2D eigenvalue weighted by molar-refractivity contribution is -0.136. The van der Waals surface area contributed by atoms with Crippen LogP contribution < -0.4 is 5.73 Å². The van der Waals surface area contributed by atoms with Crippen LogP contribution in [-0.2, 0) is 9.53 Å². The molecular formula is C18H21FN4O2. The summed E-state index contributed by atoms with van der Waals surface area (Å²) in [5.74, 6) is -0.0747. The summed E-state index contributed by atoms with van der Waals surface area (Å²) in [5.41, 5.74) is 8.25. The van der Waals surface area contributed by atoms with Crippen LogP contribution in [0.15, 0.2) is 30.5 Å². The molecule has 1 aliphatic rings. The zero-order valence-corrected chi connectivity index (χ0v) is 14.1. The van der Waals surface area contributed by atoms with Crippen molar-refractivity contribution in [1.82, 2.24) is 14.9 Å². The van der Waals surface area contributed by atoms with Crippen LogP contribution in [-0.4, -0.2) is 47.6 Å². The second-order valence-electron chi connectivity index (χ2n) is 6.15. The quantitative estimate of drug-likeness (QED) is 0.920. The fourth-order valence-corrected chi connectivity index (χ4v) is 3.21. The van der Waals surface area contributed by atoms with E-state index in [9.17, 15) is 9.18 Å². The fourth-order valence-electron chi connectivity index (χ4n) is 3.21. The van der Waals surface area contributed by atoms with Gasteiger partial charge >= 0.3 is 0 Å². The van der Waals surface area contributed by atoms with E-state index in [0.29, 0.717) is 13.1 Å². The number of hydrogen-bond acceptors (Lipinski definition) is 5. The van der Waals surface area contributed by atoms with Crippen molar-refractivity contribution >= 4 is 11.9 Å². The molecule has 1 aromatic heterocycles. The third-order valence-electron chi connectivity index (χ3n) is 4.42. The average Bonchev–Trinajstić information content (AvgIpc) is 2.63. The van der Waals surface area contributed by atoms with Crippen molar-refractivity contribution in [3.8, 4) is 11.1 Å². The highest BCUT2D eigenvalue weighted by Crippen LogP contribution is 2.33. The van der Waals surface area contributed by atoms with Crippen molar-refractivity contribution in [3.05, 3.63) is 42.0 Å². The molecule has 1 amide bonds. The van der Waals surface area contributed by atoms with Crippen molar-refractivity contribution in [2.45, 2.75) is 18.8 Å². The molecule has 1 atom stereocenters. The van der Waals surface area contributed by atoms with Crippen LogP contribution in [0.5, 0.6) is 0 Å². The molecule has 0 aliphatic carbocycles. The predicted octanol–water partition coefficient (Wildman–Crippen LogP) is 2.22. The van der Waals surface area contributed by atoms with E-state index >= 15 is 0 Å². The summed E-state index contributed by atoms with van der Waals surface area (Å²) in [6.45, 7) is 1.35. The predicted molar refractivity (Wildman–Crippen MR) is 92.3 cm³/mol. The number of piperidine rings is 1. The van der Waals surface area contributed by atoms with E-state index in [1.54, 1.807) is 23.2 Å². The van der Waals surface area contributed by atoms with Crippen LogP contribution in [0, 0.1) is 5.82 Å². The molecule has 2 aromatic rings. The van der Waals surface area contributed by atoms with Crippen molar-refractivity contribution in [3.63, 3.8) is 0 Å². The minimum atomic E-state index is -0.296. The first kappa shape index (κ1) is 17.3. The highest BCUT2D eigenvalue weighted by Gasteiger charge is 2.27. The molecule has 1 aromatic carbocycles. The monoisotopic (exact) mass is 344 g/mol. The van der Waals surface area contributed by atoms with E-state index in [0.717, 1.165) is 29.7 Å². The van der Waals surface area contributed by atoms with Gasteiger partial charge in [0.25, 0.3) is 0 Å². The van der Waals surface area contributed by atoms with Gasteiger partial charge in [-0.1, -0.05) is 12.1 Å². The molecule has 2 heterocycles. The first-order valence-corrected chi connectivity index (χ1v) is 8.23. The van der Waals surface area contributed by atoms with Crippen LogP contribution in [0.4, 0.5) is 10.3 Å². The van der Waals surface area contributed by atoms with Crippen LogP contribution >= 0.6 is 0 Å². The standard InChI is InChI=1S/C18H21FN4O2/c1-25-11-16(24)23-8-2-3-13(10-23)17-15(9-21-18(20)22-17)12-4-6-14(19)7-5-12/h4-7,9,13H,2-3,8,10-11H2,1H3,(H2,20,21,22)/t13-/m1/s1. The van der Waals surface area contributed by atoms with Gasteiger partial charge < -0.3 is 15.4 Å². The molecule has 7 heteroatoms. The van der Waals surface area contributed by atoms with Crippen molar-refractivity contribution < 1.29 is 13.9 Å². The largest absolute Gasteiger partial charge is 0.375 e. The van der Waals surface area contributed by atoms with Crippen LogP contribution in [0.3, 0.4) is 0 Å². The molecule has 1 aliphatic heterocycles. The Kier molecular flexibility index (Phi) is 5.23.